The van der Waals surface area contributed by atoms with Crippen LogP contribution in [-0.2, 0) is 9.84 Å². The first-order valence-corrected chi connectivity index (χ1v) is 7.20. The van der Waals surface area contributed by atoms with E-state index in [1.54, 1.807) is 18.2 Å². The molecular formula is C11H13ClN2O2S. The molecule has 2 rings (SSSR count). The van der Waals surface area contributed by atoms with Crippen molar-refractivity contribution >= 4 is 32.8 Å². The molecule has 1 aromatic carbocycles. The van der Waals surface area contributed by atoms with Crippen LogP contribution in [0.15, 0.2) is 23.6 Å². The van der Waals surface area contributed by atoms with Gasteiger partial charge in [0.15, 0.2) is 9.84 Å². The normalized spacial score (nSPS) is 21.6. The van der Waals surface area contributed by atoms with Gasteiger partial charge in [-0.2, -0.15) is 0 Å². The van der Waals surface area contributed by atoms with Crippen LogP contribution in [0, 0.1) is 6.92 Å². The predicted molar refractivity (Wildman–Crippen MR) is 70.9 cm³/mol. The third kappa shape index (κ3) is 2.73. The zero-order valence-electron chi connectivity index (χ0n) is 9.27. The second-order valence-corrected chi connectivity index (χ2v) is 6.44. The van der Waals surface area contributed by atoms with Gasteiger partial charge in [0.25, 0.3) is 0 Å². The average molecular weight is 273 g/mol. The molecule has 0 bridgehead atoms. The molecule has 0 aliphatic carbocycles. The van der Waals surface area contributed by atoms with Crippen LogP contribution in [0.5, 0.6) is 0 Å². The summed E-state index contributed by atoms with van der Waals surface area (Å²) in [6.07, 6.45) is 1.64. The first-order valence-electron chi connectivity index (χ1n) is 5.10. The smallest absolute Gasteiger partial charge is 0.173 e. The van der Waals surface area contributed by atoms with Gasteiger partial charge in [-0.15, -0.1) is 0 Å². The van der Waals surface area contributed by atoms with E-state index in [0.29, 0.717) is 10.7 Å². The van der Waals surface area contributed by atoms with E-state index < -0.39 is 9.84 Å². The van der Waals surface area contributed by atoms with Gasteiger partial charge < -0.3 is 11.1 Å². The molecule has 0 saturated heterocycles. The van der Waals surface area contributed by atoms with Crippen molar-refractivity contribution in [3.63, 3.8) is 0 Å². The van der Waals surface area contributed by atoms with Crippen molar-refractivity contribution in [2.24, 2.45) is 0 Å². The first kappa shape index (κ1) is 12.3. The Morgan fingerprint density at radius 1 is 1.47 bits per heavy atom. The number of nitrogens with one attached hydrogen (secondary N) is 1. The molecule has 92 valence electrons. The summed E-state index contributed by atoms with van der Waals surface area (Å²) >= 11 is 5.93. The number of aryl methyl sites for hydroxylation is 1. The van der Waals surface area contributed by atoms with Crippen molar-refractivity contribution in [2.45, 2.75) is 13.0 Å². The molecule has 0 saturated carbocycles. The third-order valence-electron chi connectivity index (χ3n) is 2.61. The lowest BCUT2D eigenvalue weighted by molar-refractivity contribution is 0.605. The number of halogens is 1. The number of benzene rings is 1. The van der Waals surface area contributed by atoms with Crippen LogP contribution in [0.25, 0.3) is 0 Å². The Hall–Kier alpha value is -1.20. The molecule has 6 heteroatoms. The summed E-state index contributed by atoms with van der Waals surface area (Å²) in [7, 11) is -3.05. The zero-order valence-corrected chi connectivity index (χ0v) is 10.8. The number of anilines is 2. The Labute approximate surface area is 105 Å². The Kier molecular flexibility index (Phi) is 3.05. The second kappa shape index (κ2) is 4.23. The molecule has 17 heavy (non-hydrogen) atoms. The fourth-order valence-corrected chi connectivity index (χ4v) is 3.12. The van der Waals surface area contributed by atoms with Gasteiger partial charge in [0.1, 0.15) is 0 Å². The van der Waals surface area contributed by atoms with Crippen LogP contribution in [0.2, 0.25) is 5.02 Å². The van der Waals surface area contributed by atoms with Gasteiger partial charge in [-0.3, -0.25) is 0 Å². The molecule has 0 amide bonds. The van der Waals surface area contributed by atoms with Gasteiger partial charge in [-0.05, 0) is 24.6 Å². The fraction of sp³-hybridized carbons (Fsp3) is 0.273. The average Bonchev–Trinajstić information content (AvgIpc) is 2.54. The van der Waals surface area contributed by atoms with Crippen LogP contribution in [0.3, 0.4) is 0 Å². The highest BCUT2D eigenvalue weighted by Crippen LogP contribution is 2.28. The van der Waals surface area contributed by atoms with Crippen molar-refractivity contribution in [3.8, 4) is 0 Å². The number of sulfone groups is 1. The standard InChI is InChI=1S/C11H13ClN2O2S/c1-7-4-10(13)9(12)5-11(7)14-8-2-3-17(15,16)6-8/h2-5,8,14H,6,13H2,1H3. The van der Waals surface area contributed by atoms with Crippen LogP contribution in [0.1, 0.15) is 5.56 Å². The van der Waals surface area contributed by atoms with E-state index in [-0.39, 0.29) is 11.8 Å². The predicted octanol–water partition coefficient (Wildman–Crippen LogP) is 1.95. The molecule has 0 radical (unpaired) electrons. The maximum absolute atomic E-state index is 11.3. The lowest BCUT2D eigenvalue weighted by Crippen LogP contribution is -2.21. The molecule has 1 aliphatic rings. The van der Waals surface area contributed by atoms with Crippen LogP contribution < -0.4 is 11.1 Å². The van der Waals surface area contributed by atoms with Gasteiger partial charge in [-0.1, -0.05) is 17.7 Å². The van der Waals surface area contributed by atoms with Crippen molar-refractivity contribution < 1.29 is 8.42 Å². The largest absolute Gasteiger partial charge is 0.398 e. The summed E-state index contributed by atoms with van der Waals surface area (Å²) < 4.78 is 22.5. The Morgan fingerprint density at radius 2 is 2.18 bits per heavy atom. The van der Waals surface area contributed by atoms with E-state index in [1.165, 1.54) is 5.41 Å². The van der Waals surface area contributed by atoms with Crippen molar-refractivity contribution in [1.29, 1.82) is 0 Å². The van der Waals surface area contributed by atoms with Gasteiger partial charge >= 0.3 is 0 Å². The van der Waals surface area contributed by atoms with Crippen LogP contribution in [-0.4, -0.2) is 20.2 Å². The fourth-order valence-electron chi connectivity index (χ4n) is 1.72. The molecular weight excluding hydrogens is 260 g/mol. The lowest BCUT2D eigenvalue weighted by Gasteiger charge is -2.15. The minimum atomic E-state index is -3.05. The highest BCUT2D eigenvalue weighted by molar-refractivity contribution is 7.94. The Balaban J connectivity index is 2.21. The SMILES string of the molecule is Cc1cc(N)c(Cl)cc1NC1C=CS(=O)(=O)C1. The third-order valence-corrected chi connectivity index (χ3v) is 4.34. The number of nitrogens with two attached hydrogens (primary N) is 1. The monoisotopic (exact) mass is 272 g/mol. The maximum Gasteiger partial charge on any atom is 0.173 e. The summed E-state index contributed by atoms with van der Waals surface area (Å²) in [5, 5.41) is 4.82. The molecule has 1 aliphatic heterocycles. The summed E-state index contributed by atoms with van der Waals surface area (Å²) in [5.74, 6) is 0.0778. The Morgan fingerprint density at radius 3 is 2.76 bits per heavy atom. The van der Waals surface area contributed by atoms with Gasteiger partial charge in [0, 0.05) is 11.1 Å². The minimum absolute atomic E-state index is 0.0778. The number of hydrogen-bond acceptors (Lipinski definition) is 4. The van der Waals surface area contributed by atoms with E-state index in [4.69, 9.17) is 17.3 Å². The zero-order chi connectivity index (χ0) is 12.6. The van der Waals surface area contributed by atoms with E-state index in [1.807, 2.05) is 6.92 Å². The van der Waals surface area contributed by atoms with E-state index >= 15 is 0 Å². The molecule has 1 atom stereocenters. The summed E-state index contributed by atoms with van der Waals surface area (Å²) in [6.45, 7) is 1.89. The van der Waals surface area contributed by atoms with E-state index in [2.05, 4.69) is 5.32 Å². The molecule has 1 heterocycles. The molecule has 0 spiro atoms. The summed E-state index contributed by atoms with van der Waals surface area (Å²) in [6, 6.07) is 3.27. The molecule has 1 unspecified atom stereocenters. The van der Waals surface area contributed by atoms with Gasteiger partial charge in [0.2, 0.25) is 0 Å². The van der Waals surface area contributed by atoms with E-state index in [9.17, 15) is 8.42 Å². The number of rotatable bonds is 2. The summed E-state index contributed by atoms with van der Waals surface area (Å²) in [5.41, 5.74) is 7.93. The highest BCUT2D eigenvalue weighted by Gasteiger charge is 2.21. The van der Waals surface area contributed by atoms with Crippen molar-refractivity contribution in [1.82, 2.24) is 0 Å². The lowest BCUT2D eigenvalue weighted by atomic mass is 10.1. The van der Waals surface area contributed by atoms with Crippen molar-refractivity contribution in [2.75, 3.05) is 16.8 Å². The summed E-state index contributed by atoms with van der Waals surface area (Å²) in [4.78, 5) is 0. The van der Waals surface area contributed by atoms with Crippen LogP contribution >= 0.6 is 11.6 Å². The minimum Gasteiger partial charge on any atom is -0.398 e. The van der Waals surface area contributed by atoms with Crippen molar-refractivity contribution in [3.05, 3.63) is 34.2 Å². The molecule has 0 aromatic heterocycles. The molecule has 3 N–H and O–H groups in total. The Bertz CT molecular complexity index is 581. The first-order chi connectivity index (χ1) is 7.87. The van der Waals surface area contributed by atoms with Gasteiger partial charge in [-0.25, -0.2) is 8.42 Å². The van der Waals surface area contributed by atoms with Crippen LogP contribution in [0.4, 0.5) is 11.4 Å². The maximum atomic E-state index is 11.3. The molecule has 0 fully saturated rings. The topological polar surface area (TPSA) is 72.2 Å². The second-order valence-electron chi connectivity index (χ2n) is 4.10. The molecule has 1 aromatic rings. The number of nitrogen functional groups attached to an aromatic ring is 1. The molecule has 4 nitrogen and oxygen atoms in total. The quantitative estimate of drug-likeness (QED) is 0.807. The van der Waals surface area contributed by atoms with E-state index in [0.717, 1.165) is 11.3 Å². The number of hydrogen-bond donors (Lipinski definition) is 2. The van der Waals surface area contributed by atoms with Gasteiger partial charge in [0.05, 0.1) is 22.5 Å². The highest BCUT2D eigenvalue weighted by atomic mass is 35.5.